The van der Waals surface area contributed by atoms with Crippen molar-refractivity contribution in [1.82, 2.24) is 0 Å². The zero-order valence-electron chi connectivity index (χ0n) is 3.91. The Labute approximate surface area is 33.2 Å². The van der Waals surface area contributed by atoms with E-state index in [0.717, 1.165) is 0 Å². The first-order valence-corrected chi connectivity index (χ1v) is 1.71. The molecule has 0 aromatic rings. The molecule has 0 rings (SSSR count). The van der Waals surface area contributed by atoms with E-state index in [9.17, 15) is 0 Å². The highest BCUT2D eigenvalue weighted by molar-refractivity contribution is 4.62. The van der Waals surface area contributed by atoms with Gasteiger partial charge in [0.05, 0.1) is 5.54 Å². The molecule has 0 bridgehead atoms. The topological polar surface area (TPSA) is 27.6 Å². The Morgan fingerprint density at radius 1 is 1.60 bits per heavy atom. The third-order valence-electron chi connectivity index (χ3n) is 0. The summed E-state index contributed by atoms with van der Waals surface area (Å²) in [6.07, 6.45) is 0. The number of quaternary nitrogens is 1. The van der Waals surface area contributed by atoms with E-state index in [0.29, 0.717) is 0 Å². The van der Waals surface area contributed by atoms with Gasteiger partial charge in [-0.3, -0.25) is 0 Å². The van der Waals surface area contributed by atoms with Crippen molar-refractivity contribution >= 4 is 0 Å². The highest BCUT2D eigenvalue weighted by Gasteiger charge is 2.01. The Kier molecular flexibility index (Phi) is 0.969. The maximum atomic E-state index is 3.66. The molecule has 1 radical (unpaired) electrons. The predicted molar refractivity (Wildman–Crippen MR) is 22.3 cm³/mol. The van der Waals surface area contributed by atoms with Crippen LogP contribution in [0.25, 0.3) is 0 Å². The predicted octanol–water partition coefficient (Wildman–Crippen LogP) is -0.159. The minimum absolute atomic E-state index is 0. The summed E-state index contributed by atoms with van der Waals surface area (Å²) in [5, 5.41) is 0. The van der Waals surface area contributed by atoms with Crippen molar-refractivity contribution in [3.63, 3.8) is 0 Å². The molecule has 0 aliphatic carbocycles. The molecule has 0 aromatic heterocycles. The maximum absolute atomic E-state index is 3.66. The van der Waals surface area contributed by atoms with Crippen molar-refractivity contribution in [3.8, 4) is 0 Å². The lowest BCUT2D eigenvalue weighted by Crippen LogP contribution is -2.67. The summed E-state index contributed by atoms with van der Waals surface area (Å²) in [4.78, 5) is 0. The standard InChI is InChI=1S/C4H10N/c1-4(2,3)5/h1,5H2,2-3H3/p+1. The quantitative estimate of drug-likeness (QED) is 0.412. The Balaban J connectivity index is 3.02. The highest BCUT2D eigenvalue weighted by atomic mass is 14.7. The molecule has 1 nitrogen and oxygen atoms in total. The SMILES string of the molecule is [CH2]C(C)(C)[NH3+]. The lowest BCUT2D eigenvalue weighted by atomic mass is 10.1. The van der Waals surface area contributed by atoms with Crippen molar-refractivity contribution in [2.75, 3.05) is 0 Å². The second kappa shape index (κ2) is 0.977. The smallest absolute Gasteiger partial charge is 0.0891 e. The first-order chi connectivity index (χ1) is 2.00. The molecule has 31 valence electrons. The lowest BCUT2D eigenvalue weighted by Gasteiger charge is -2.01. The summed E-state index contributed by atoms with van der Waals surface area (Å²) in [5.41, 5.74) is 3.66. The van der Waals surface area contributed by atoms with Crippen molar-refractivity contribution in [2.24, 2.45) is 0 Å². The molecule has 5 heavy (non-hydrogen) atoms. The molecule has 0 aliphatic rings. The van der Waals surface area contributed by atoms with Gasteiger partial charge in [0.15, 0.2) is 0 Å². The van der Waals surface area contributed by atoms with Crippen molar-refractivity contribution < 1.29 is 5.73 Å². The molecule has 1 heteroatoms. The van der Waals surface area contributed by atoms with Gasteiger partial charge in [0.2, 0.25) is 0 Å². The molecule has 0 saturated heterocycles. The van der Waals surface area contributed by atoms with Crippen LogP contribution >= 0.6 is 0 Å². The second-order valence-corrected chi connectivity index (χ2v) is 2.16. The molecule has 0 aliphatic heterocycles. The Hall–Kier alpha value is -0.0400. The van der Waals surface area contributed by atoms with Gasteiger partial charge in [-0.05, 0) is 13.8 Å². The van der Waals surface area contributed by atoms with E-state index < -0.39 is 0 Å². The van der Waals surface area contributed by atoms with Gasteiger partial charge in [-0.2, -0.15) is 0 Å². The van der Waals surface area contributed by atoms with Gasteiger partial charge in [-0.25, -0.2) is 0 Å². The summed E-state index contributed by atoms with van der Waals surface area (Å²) < 4.78 is 0. The summed E-state index contributed by atoms with van der Waals surface area (Å²) in [5.74, 6) is 0. The van der Waals surface area contributed by atoms with E-state index in [-0.39, 0.29) is 5.54 Å². The van der Waals surface area contributed by atoms with Crippen LogP contribution in [0.15, 0.2) is 0 Å². The molecule has 0 unspecified atom stereocenters. The van der Waals surface area contributed by atoms with Crippen LogP contribution in [0.4, 0.5) is 0 Å². The van der Waals surface area contributed by atoms with Gasteiger partial charge >= 0.3 is 0 Å². The Morgan fingerprint density at radius 2 is 1.60 bits per heavy atom. The summed E-state index contributed by atoms with van der Waals surface area (Å²) in [6.45, 7) is 7.59. The van der Waals surface area contributed by atoms with E-state index in [1.807, 2.05) is 13.8 Å². The van der Waals surface area contributed by atoms with Gasteiger partial charge in [-0.1, -0.05) is 0 Å². The fourth-order valence-electron chi connectivity index (χ4n) is 0. The van der Waals surface area contributed by atoms with Gasteiger partial charge < -0.3 is 5.73 Å². The van der Waals surface area contributed by atoms with E-state index in [2.05, 4.69) is 12.7 Å². The molecule has 0 aromatic carbocycles. The third-order valence-corrected chi connectivity index (χ3v) is 0. The van der Waals surface area contributed by atoms with E-state index in [1.165, 1.54) is 0 Å². The van der Waals surface area contributed by atoms with Gasteiger partial charge in [0, 0.05) is 6.92 Å². The van der Waals surface area contributed by atoms with Crippen LogP contribution in [0.5, 0.6) is 0 Å². The molecule has 0 spiro atoms. The van der Waals surface area contributed by atoms with Crippen LogP contribution in [0.1, 0.15) is 13.8 Å². The average molecular weight is 73.1 g/mol. The van der Waals surface area contributed by atoms with Gasteiger partial charge in [0.1, 0.15) is 0 Å². The maximum Gasteiger partial charge on any atom is 0.0891 e. The monoisotopic (exact) mass is 73.1 g/mol. The molecular weight excluding hydrogens is 62.1 g/mol. The average Bonchev–Trinajstić information content (AvgIpc) is 0.722. The Morgan fingerprint density at radius 3 is 1.60 bits per heavy atom. The van der Waals surface area contributed by atoms with Crippen LogP contribution in [-0.4, -0.2) is 5.54 Å². The number of hydrogen-bond donors (Lipinski definition) is 1. The highest BCUT2D eigenvalue weighted by Crippen LogP contribution is 1.83. The van der Waals surface area contributed by atoms with Crippen molar-refractivity contribution in [3.05, 3.63) is 6.92 Å². The van der Waals surface area contributed by atoms with Crippen LogP contribution in [0.3, 0.4) is 0 Å². The molecular formula is C4H11N+. The zero-order chi connectivity index (χ0) is 4.50. The van der Waals surface area contributed by atoms with Gasteiger partial charge in [0.25, 0.3) is 0 Å². The summed E-state index contributed by atoms with van der Waals surface area (Å²) in [7, 11) is 0. The summed E-state index contributed by atoms with van der Waals surface area (Å²) >= 11 is 0. The molecule has 0 saturated carbocycles. The van der Waals surface area contributed by atoms with Crippen LogP contribution in [-0.2, 0) is 0 Å². The largest absolute Gasteiger partial charge is 0.353 e. The van der Waals surface area contributed by atoms with Crippen LogP contribution in [0.2, 0.25) is 0 Å². The van der Waals surface area contributed by atoms with E-state index in [4.69, 9.17) is 0 Å². The number of hydrogen-bond acceptors (Lipinski definition) is 0. The molecule has 0 amide bonds. The Bertz CT molecular complexity index is 19.1. The van der Waals surface area contributed by atoms with Crippen molar-refractivity contribution in [1.29, 1.82) is 0 Å². The minimum Gasteiger partial charge on any atom is -0.353 e. The summed E-state index contributed by atoms with van der Waals surface area (Å²) in [6, 6.07) is 0. The normalized spacial score (nSPS) is 12.0. The zero-order valence-corrected chi connectivity index (χ0v) is 3.91. The fourth-order valence-corrected chi connectivity index (χ4v) is 0. The van der Waals surface area contributed by atoms with Crippen LogP contribution in [0, 0.1) is 6.92 Å². The van der Waals surface area contributed by atoms with E-state index in [1.54, 1.807) is 0 Å². The number of rotatable bonds is 0. The molecule has 3 N–H and O–H groups in total. The van der Waals surface area contributed by atoms with Crippen LogP contribution < -0.4 is 5.73 Å². The minimum atomic E-state index is 0. The van der Waals surface area contributed by atoms with Gasteiger partial charge in [-0.15, -0.1) is 0 Å². The lowest BCUT2D eigenvalue weighted by molar-refractivity contribution is -0.448. The van der Waals surface area contributed by atoms with Crippen molar-refractivity contribution in [2.45, 2.75) is 19.4 Å². The van der Waals surface area contributed by atoms with E-state index >= 15 is 0 Å². The first kappa shape index (κ1) is 4.96. The third kappa shape index (κ3) is 9510. The first-order valence-electron chi connectivity index (χ1n) is 1.71. The molecule has 0 heterocycles. The molecule has 0 atom stereocenters. The second-order valence-electron chi connectivity index (χ2n) is 2.16. The fraction of sp³-hybridized carbons (Fsp3) is 0.750. The molecule has 0 fully saturated rings.